The molecular formula is C20H24N2O4S. The summed E-state index contributed by atoms with van der Waals surface area (Å²) in [5.74, 6) is 0.674. The van der Waals surface area contributed by atoms with Gasteiger partial charge >= 0.3 is 0 Å². The van der Waals surface area contributed by atoms with Crippen molar-refractivity contribution in [3.05, 3.63) is 59.2 Å². The van der Waals surface area contributed by atoms with E-state index in [-0.39, 0.29) is 11.9 Å². The minimum Gasteiger partial charge on any atom is -0.497 e. The lowest BCUT2D eigenvalue weighted by Gasteiger charge is -2.26. The van der Waals surface area contributed by atoms with Crippen molar-refractivity contribution in [2.75, 3.05) is 31.3 Å². The third-order valence-electron chi connectivity index (χ3n) is 5.08. The van der Waals surface area contributed by atoms with E-state index in [0.717, 1.165) is 16.9 Å². The molecule has 0 saturated heterocycles. The summed E-state index contributed by atoms with van der Waals surface area (Å²) in [4.78, 5) is 14.6. The number of amides is 1. The van der Waals surface area contributed by atoms with Crippen LogP contribution < -0.4 is 9.04 Å². The smallest absolute Gasteiger partial charge is 0.254 e. The predicted octanol–water partition coefficient (Wildman–Crippen LogP) is 2.85. The second-order valence-corrected chi connectivity index (χ2v) is 8.70. The highest BCUT2D eigenvalue weighted by Gasteiger charge is 2.27. The molecule has 1 heterocycles. The van der Waals surface area contributed by atoms with Gasteiger partial charge in [-0.25, -0.2) is 8.42 Å². The summed E-state index contributed by atoms with van der Waals surface area (Å²) in [5, 5.41) is 0. The fourth-order valence-electron chi connectivity index (χ4n) is 3.33. The number of hydrogen-bond acceptors (Lipinski definition) is 4. The molecule has 6 nitrogen and oxygen atoms in total. The molecule has 2 aromatic rings. The van der Waals surface area contributed by atoms with Crippen molar-refractivity contribution < 1.29 is 17.9 Å². The van der Waals surface area contributed by atoms with Gasteiger partial charge in [-0.1, -0.05) is 12.1 Å². The van der Waals surface area contributed by atoms with Crippen LogP contribution >= 0.6 is 0 Å². The lowest BCUT2D eigenvalue weighted by Crippen LogP contribution is -2.30. The average Bonchev–Trinajstić information content (AvgIpc) is 3.10. The Balaban J connectivity index is 1.81. The van der Waals surface area contributed by atoms with Crippen LogP contribution in [-0.2, 0) is 16.4 Å². The van der Waals surface area contributed by atoms with Gasteiger partial charge in [0.05, 0.1) is 25.1 Å². The number of fused-ring (bicyclic) bond motifs is 1. The van der Waals surface area contributed by atoms with E-state index in [0.29, 0.717) is 24.2 Å². The maximum atomic E-state index is 12.9. The van der Waals surface area contributed by atoms with Crippen LogP contribution in [0.25, 0.3) is 0 Å². The standard InChI is InChI=1S/C20H24N2O4S/c1-14(15-5-8-18(26-3)9-6-15)21(2)20(23)17-7-10-19-16(13-17)11-12-22(19)27(4,24)25/h5-10,13-14H,11-12H2,1-4H3. The summed E-state index contributed by atoms with van der Waals surface area (Å²) in [6.07, 6.45) is 1.81. The highest BCUT2D eigenvalue weighted by atomic mass is 32.2. The van der Waals surface area contributed by atoms with Crippen LogP contribution in [0.3, 0.4) is 0 Å². The lowest BCUT2D eigenvalue weighted by atomic mass is 10.0. The van der Waals surface area contributed by atoms with E-state index in [1.165, 1.54) is 10.6 Å². The number of nitrogens with zero attached hydrogens (tertiary/aromatic N) is 2. The molecule has 1 aliphatic heterocycles. The molecule has 0 N–H and O–H groups in total. The molecule has 0 bridgehead atoms. The van der Waals surface area contributed by atoms with Crippen molar-refractivity contribution in [3.8, 4) is 5.75 Å². The number of methoxy groups -OCH3 is 1. The number of carbonyl (C=O) groups excluding carboxylic acids is 1. The fourth-order valence-corrected chi connectivity index (χ4v) is 4.29. The van der Waals surface area contributed by atoms with Crippen LogP contribution in [0.15, 0.2) is 42.5 Å². The minimum absolute atomic E-state index is 0.0982. The highest BCUT2D eigenvalue weighted by molar-refractivity contribution is 7.92. The van der Waals surface area contributed by atoms with Crippen molar-refractivity contribution in [2.24, 2.45) is 0 Å². The Kier molecular flexibility index (Phi) is 5.15. The lowest BCUT2D eigenvalue weighted by molar-refractivity contribution is 0.0742. The molecule has 1 aliphatic rings. The average molecular weight is 388 g/mol. The van der Waals surface area contributed by atoms with Crippen molar-refractivity contribution in [1.29, 1.82) is 0 Å². The number of benzene rings is 2. The maximum absolute atomic E-state index is 12.9. The second kappa shape index (κ2) is 7.23. The monoisotopic (exact) mass is 388 g/mol. The van der Waals surface area contributed by atoms with E-state index in [2.05, 4.69) is 0 Å². The van der Waals surface area contributed by atoms with Gasteiger partial charge in [0, 0.05) is 19.2 Å². The topological polar surface area (TPSA) is 66.9 Å². The Bertz CT molecular complexity index is 954. The molecule has 0 aromatic heterocycles. The van der Waals surface area contributed by atoms with Crippen molar-refractivity contribution in [1.82, 2.24) is 4.90 Å². The van der Waals surface area contributed by atoms with Crippen LogP contribution in [0.2, 0.25) is 0 Å². The summed E-state index contributed by atoms with van der Waals surface area (Å²) >= 11 is 0. The third-order valence-corrected chi connectivity index (χ3v) is 6.26. The van der Waals surface area contributed by atoms with E-state index in [9.17, 15) is 13.2 Å². The molecule has 0 aliphatic carbocycles. The van der Waals surface area contributed by atoms with E-state index in [1.54, 1.807) is 37.3 Å². The molecule has 1 amide bonds. The molecule has 144 valence electrons. The van der Waals surface area contributed by atoms with E-state index >= 15 is 0 Å². The number of hydrogen-bond donors (Lipinski definition) is 0. The normalized spacial score (nSPS) is 14.6. The van der Waals surface area contributed by atoms with E-state index < -0.39 is 10.0 Å². The number of ether oxygens (including phenoxy) is 1. The maximum Gasteiger partial charge on any atom is 0.254 e. The molecule has 27 heavy (non-hydrogen) atoms. The SMILES string of the molecule is COc1ccc(C(C)N(C)C(=O)c2ccc3c(c2)CCN3S(C)(=O)=O)cc1. The van der Waals surface area contributed by atoms with Gasteiger partial charge in [0.1, 0.15) is 5.75 Å². The summed E-state index contributed by atoms with van der Waals surface area (Å²) < 4.78 is 30.3. The fraction of sp³-hybridized carbons (Fsp3) is 0.350. The largest absolute Gasteiger partial charge is 0.497 e. The molecule has 1 atom stereocenters. The second-order valence-electron chi connectivity index (χ2n) is 6.79. The Labute approximate surface area is 160 Å². The molecule has 3 rings (SSSR count). The number of rotatable bonds is 5. The summed E-state index contributed by atoms with van der Waals surface area (Å²) in [5.41, 5.74) is 3.12. The summed E-state index contributed by atoms with van der Waals surface area (Å²) in [6, 6.07) is 12.8. The first-order chi connectivity index (χ1) is 12.7. The van der Waals surface area contributed by atoms with E-state index in [1.807, 2.05) is 31.2 Å². The van der Waals surface area contributed by atoms with Crippen LogP contribution in [0.1, 0.15) is 34.5 Å². The van der Waals surface area contributed by atoms with Gasteiger partial charge in [0.25, 0.3) is 5.91 Å². The zero-order chi connectivity index (χ0) is 19.8. The number of sulfonamides is 1. The van der Waals surface area contributed by atoms with Crippen LogP contribution in [0.5, 0.6) is 5.75 Å². The van der Waals surface area contributed by atoms with Crippen LogP contribution in [-0.4, -0.2) is 46.2 Å². The first kappa shape index (κ1) is 19.2. The van der Waals surface area contributed by atoms with Gasteiger partial charge in [-0.15, -0.1) is 0 Å². The molecule has 7 heteroatoms. The van der Waals surface area contributed by atoms with Gasteiger partial charge in [0.2, 0.25) is 10.0 Å². The molecule has 0 fully saturated rings. The molecule has 0 radical (unpaired) electrons. The van der Waals surface area contributed by atoms with Crippen LogP contribution in [0.4, 0.5) is 5.69 Å². The quantitative estimate of drug-likeness (QED) is 0.790. The first-order valence-corrected chi connectivity index (χ1v) is 10.6. The Morgan fingerprint density at radius 1 is 1.19 bits per heavy atom. The van der Waals surface area contributed by atoms with Gasteiger partial charge in [-0.2, -0.15) is 0 Å². The molecule has 0 spiro atoms. The summed E-state index contributed by atoms with van der Waals surface area (Å²) in [7, 11) is 0.0961. The zero-order valence-corrected chi connectivity index (χ0v) is 16.8. The van der Waals surface area contributed by atoms with Gasteiger partial charge in [-0.3, -0.25) is 9.10 Å². The molecular weight excluding hydrogens is 364 g/mol. The van der Waals surface area contributed by atoms with Crippen molar-refractivity contribution in [2.45, 2.75) is 19.4 Å². The van der Waals surface area contributed by atoms with Crippen LogP contribution in [0, 0.1) is 0 Å². The third kappa shape index (κ3) is 3.78. The van der Waals surface area contributed by atoms with E-state index in [4.69, 9.17) is 4.74 Å². The molecule has 0 saturated carbocycles. The van der Waals surface area contributed by atoms with Crippen molar-refractivity contribution >= 4 is 21.6 Å². The first-order valence-electron chi connectivity index (χ1n) is 8.74. The molecule has 1 unspecified atom stereocenters. The van der Waals surface area contributed by atoms with Gasteiger partial charge < -0.3 is 9.64 Å². The number of anilines is 1. The van der Waals surface area contributed by atoms with Gasteiger partial charge in [0.15, 0.2) is 0 Å². The minimum atomic E-state index is -3.29. The Morgan fingerprint density at radius 2 is 1.85 bits per heavy atom. The van der Waals surface area contributed by atoms with Gasteiger partial charge in [-0.05, 0) is 54.8 Å². The Morgan fingerprint density at radius 3 is 2.44 bits per heavy atom. The van der Waals surface area contributed by atoms with Crippen molar-refractivity contribution in [3.63, 3.8) is 0 Å². The molecule has 2 aromatic carbocycles. The Hall–Kier alpha value is -2.54. The summed E-state index contributed by atoms with van der Waals surface area (Å²) in [6.45, 7) is 2.39. The number of carbonyl (C=O) groups is 1. The highest BCUT2D eigenvalue weighted by Crippen LogP contribution is 2.31. The predicted molar refractivity (Wildman–Crippen MR) is 106 cm³/mol. The zero-order valence-electron chi connectivity index (χ0n) is 16.0.